The van der Waals surface area contributed by atoms with E-state index in [1.54, 1.807) is 34.6 Å². The second-order valence-corrected chi connectivity index (χ2v) is 29.7. The number of hydrogen-bond acceptors (Lipinski definition) is 22. The minimum atomic E-state index is -2.69. The lowest BCUT2D eigenvalue weighted by Crippen LogP contribution is -2.61. The number of carboxylic acids is 1. The Hall–Kier alpha value is -5.83. The molecule has 1 heterocycles. The zero-order chi connectivity index (χ0) is 65.3. The molecule has 0 aromatic rings. The zero-order valence-electron chi connectivity index (χ0n) is 52.1. The summed E-state index contributed by atoms with van der Waals surface area (Å²) in [6, 6.07) is -10.5. The fourth-order valence-corrected chi connectivity index (χ4v) is 12.5. The van der Waals surface area contributed by atoms with Crippen LogP contribution in [0.2, 0.25) is 18.1 Å². The SMILES string of the molecule is CC(C)C[C@@H](C=O)NN[C@@H](CC(=O)O)C(=O)NCC(=O)C(=O)[C@H](CCCNC(N)N)NC(=O)[C@H](CC(C)C)NC(=O)[C@H](CC(N)=O)NN1CCC[C@H]1C(=O)N[C@H](C(=O)CN[C@@H](C)C(=O)CN[C@@H](CC(N)=O)C(=O)[Si](C)(C)C(C)(C)C(C)C)C(C)C. The van der Waals surface area contributed by atoms with Gasteiger partial charge in [-0.3, -0.25) is 58.1 Å². The average molecular weight is 1220 g/mol. The zero-order valence-corrected chi connectivity index (χ0v) is 53.1. The highest BCUT2D eigenvalue weighted by Crippen LogP contribution is 2.45. The normalized spacial score (nSPS) is 16.9. The first kappa shape index (κ1) is 77.2. The number of carboxylic acid groups (broad SMARTS) is 1. The number of rotatable bonds is 45. The van der Waals surface area contributed by atoms with Gasteiger partial charge in [-0.05, 0) is 80.7 Å². The van der Waals surface area contributed by atoms with Crippen LogP contribution in [0.25, 0.3) is 0 Å². The van der Waals surface area contributed by atoms with Gasteiger partial charge in [-0.2, -0.15) is 0 Å². The van der Waals surface area contributed by atoms with Crippen LogP contribution in [-0.2, 0) is 62.3 Å². The molecular formula is C55H101N15O14Si. The number of hydrazine groups is 2. The minimum absolute atomic E-state index is 0.0170. The molecular weight excluding hydrogens is 1120 g/mol. The summed E-state index contributed by atoms with van der Waals surface area (Å²) in [6.07, 6.45) is -1.02. The molecule has 0 bridgehead atoms. The summed E-state index contributed by atoms with van der Waals surface area (Å²) in [5.74, 6) is -10.0. The number of hydrogen-bond donors (Lipinski definition) is 15. The number of nitrogens with two attached hydrogens (primary N) is 4. The van der Waals surface area contributed by atoms with E-state index in [9.17, 15) is 67.4 Å². The van der Waals surface area contributed by atoms with Crippen molar-refractivity contribution < 1.29 is 67.4 Å². The summed E-state index contributed by atoms with van der Waals surface area (Å²) in [4.78, 5) is 171. The standard InChI is InChI=1S/C55H101N15O14Si/c1-29(2)20-34(28-71)67-68-37(24-46(77)78)49(80)63-27-43(74)48(79)35(16-14-18-60-54(58)59)64-50(81)36(21-30(3)4)65-51(82)38(22-44(56)75)69-70-19-15-17-40(70)52(83)66-47(31(5)6)42(73)26-61-33(9)41(72)25-62-39(23-45(57)76)53(84)85(12,13)55(10,11)32(7)8/h28-40,47,54,60-62,67-69H,14-27,58-59H2,1-13H3,(H2,56,75)(H2,57,76)(H,63,80)(H,64,81)(H,65,82)(H,66,83)(H,77,78)/t33-,34-,35-,36-,37-,38-,39-,40-,47-/m0/s1. The summed E-state index contributed by atoms with van der Waals surface area (Å²) in [5.41, 5.74) is 30.4. The fourth-order valence-electron chi connectivity index (χ4n) is 9.36. The smallest absolute Gasteiger partial charge is 0.305 e. The average Bonchev–Trinajstić information content (AvgIpc) is 4.05. The number of Topliss-reactive ketones (excluding diaryl/α,β-unsaturated/α-hetero) is 4. The first-order valence-corrected chi connectivity index (χ1v) is 32.2. The van der Waals surface area contributed by atoms with Crippen LogP contribution >= 0.6 is 0 Å². The predicted molar refractivity (Wildman–Crippen MR) is 319 cm³/mol. The van der Waals surface area contributed by atoms with Crippen LogP contribution in [0, 0.1) is 23.7 Å². The third-order valence-electron chi connectivity index (χ3n) is 15.6. The third-order valence-corrected chi connectivity index (χ3v) is 21.0. The number of nitrogens with one attached hydrogen (secondary N) is 10. The molecule has 19 N–H and O–H groups in total. The molecule has 1 saturated heterocycles. The molecule has 9 atom stereocenters. The molecule has 6 amide bonds. The van der Waals surface area contributed by atoms with Gasteiger partial charge in [0.15, 0.2) is 11.6 Å². The Bertz CT molecular complexity index is 2320. The summed E-state index contributed by atoms with van der Waals surface area (Å²) in [6.45, 7) is 22.9. The van der Waals surface area contributed by atoms with Crippen LogP contribution in [0.4, 0.5) is 0 Å². The number of carbonyl (C=O) groups excluding carboxylic acids is 12. The molecule has 0 radical (unpaired) electrons. The Labute approximate surface area is 500 Å². The van der Waals surface area contributed by atoms with E-state index in [1.807, 2.05) is 54.6 Å². The van der Waals surface area contributed by atoms with Crippen LogP contribution in [0.3, 0.4) is 0 Å². The van der Waals surface area contributed by atoms with Crippen LogP contribution in [0.1, 0.15) is 134 Å². The summed E-state index contributed by atoms with van der Waals surface area (Å²) in [5, 5.41) is 29.2. The molecule has 0 unspecified atom stereocenters. The first-order chi connectivity index (χ1) is 39.4. The van der Waals surface area contributed by atoms with Crippen LogP contribution in [-0.4, -0.2) is 188 Å². The van der Waals surface area contributed by atoms with Crippen molar-refractivity contribution in [1.29, 1.82) is 0 Å². The third kappa shape index (κ3) is 26.8. The fraction of sp³-hybridized carbons (Fsp3) is 0.764. The van der Waals surface area contributed by atoms with Crippen molar-refractivity contribution in [3.63, 3.8) is 0 Å². The Morgan fingerprint density at radius 2 is 1.24 bits per heavy atom. The summed E-state index contributed by atoms with van der Waals surface area (Å²) >= 11 is 0. The van der Waals surface area contributed by atoms with Gasteiger partial charge in [0.05, 0.1) is 62.7 Å². The highest BCUT2D eigenvalue weighted by Gasteiger charge is 2.49. The van der Waals surface area contributed by atoms with Crippen molar-refractivity contribution in [2.45, 2.75) is 213 Å². The molecule has 1 aliphatic rings. The molecule has 0 spiro atoms. The highest BCUT2D eigenvalue weighted by atomic mass is 28.3. The van der Waals surface area contributed by atoms with Gasteiger partial charge < -0.3 is 69.5 Å². The number of carbonyl (C=O) groups is 13. The molecule has 0 aromatic carbocycles. The monoisotopic (exact) mass is 1220 g/mol. The molecule has 1 rings (SSSR count). The lowest BCUT2D eigenvalue weighted by atomic mass is 9.98. The Balaban J connectivity index is 3.26. The first-order valence-electron chi connectivity index (χ1n) is 29.2. The number of primary amides is 2. The van der Waals surface area contributed by atoms with Crippen molar-refractivity contribution in [3.05, 3.63) is 0 Å². The van der Waals surface area contributed by atoms with Gasteiger partial charge in [-0.15, -0.1) is 0 Å². The van der Waals surface area contributed by atoms with Crippen molar-refractivity contribution >= 4 is 84.3 Å². The van der Waals surface area contributed by atoms with Gasteiger partial charge in [0.1, 0.15) is 50.2 Å². The van der Waals surface area contributed by atoms with Crippen molar-refractivity contribution in [2.75, 3.05) is 32.7 Å². The number of nitrogens with zero attached hydrogens (tertiary/aromatic N) is 1. The topological polar surface area (TPSA) is 470 Å². The second kappa shape index (κ2) is 37.0. The minimum Gasteiger partial charge on any atom is -0.481 e. The van der Waals surface area contributed by atoms with E-state index in [0.717, 1.165) is 0 Å². The largest absolute Gasteiger partial charge is 0.481 e. The van der Waals surface area contributed by atoms with Gasteiger partial charge in [0, 0.05) is 13.0 Å². The lowest BCUT2D eigenvalue weighted by molar-refractivity contribution is -0.141. The lowest BCUT2D eigenvalue weighted by Gasteiger charge is -2.43. The molecule has 1 aliphatic heterocycles. The van der Waals surface area contributed by atoms with E-state index in [4.69, 9.17) is 22.9 Å². The summed E-state index contributed by atoms with van der Waals surface area (Å²) < 4.78 is 0. The van der Waals surface area contributed by atoms with Crippen molar-refractivity contribution in [3.8, 4) is 0 Å². The maximum absolute atomic E-state index is 14.2. The van der Waals surface area contributed by atoms with Crippen molar-refractivity contribution in [2.24, 2.45) is 46.6 Å². The van der Waals surface area contributed by atoms with E-state index in [-0.39, 0.29) is 86.5 Å². The van der Waals surface area contributed by atoms with Gasteiger partial charge in [-0.25, -0.2) is 21.3 Å². The molecule has 1 fully saturated rings. The van der Waals surface area contributed by atoms with Gasteiger partial charge >= 0.3 is 5.97 Å². The Morgan fingerprint density at radius 3 is 1.76 bits per heavy atom. The quantitative estimate of drug-likeness (QED) is 0.00719. The summed E-state index contributed by atoms with van der Waals surface area (Å²) in [7, 11) is -2.69. The molecule has 29 nitrogen and oxygen atoms in total. The number of aliphatic carboxylic acids is 1. The second-order valence-electron chi connectivity index (χ2n) is 24.6. The van der Waals surface area contributed by atoms with E-state index in [2.05, 4.69) is 53.5 Å². The Kier molecular flexibility index (Phi) is 33.6. The number of ketones is 4. The number of amides is 6. The molecule has 484 valence electrons. The van der Waals surface area contributed by atoms with E-state index >= 15 is 0 Å². The molecule has 0 aromatic heterocycles. The van der Waals surface area contributed by atoms with Gasteiger partial charge in [0.25, 0.3) is 0 Å². The maximum Gasteiger partial charge on any atom is 0.305 e. The van der Waals surface area contributed by atoms with Gasteiger partial charge in [-0.1, -0.05) is 82.3 Å². The van der Waals surface area contributed by atoms with Crippen molar-refractivity contribution in [1.82, 2.24) is 58.5 Å². The molecule has 0 aliphatic carbocycles. The van der Waals surface area contributed by atoms with Crippen LogP contribution in [0.15, 0.2) is 0 Å². The number of aldehydes is 1. The van der Waals surface area contributed by atoms with E-state index in [1.165, 1.54) is 5.01 Å². The molecule has 85 heavy (non-hydrogen) atoms. The van der Waals surface area contributed by atoms with E-state index in [0.29, 0.717) is 19.1 Å². The van der Waals surface area contributed by atoms with Gasteiger partial charge in [0.2, 0.25) is 47.0 Å². The van der Waals surface area contributed by atoms with Crippen LogP contribution < -0.4 is 76.4 Å². The van der Waals surface area contributed by atoms with Crippen LogP contribution in [0.5, 0.6) is 0 Å². The van der Waals surface area contributed by atoms with E-state index < -0.39 is 159 Å². The maximum atomic E-state index is 14.2. The molecule has 30 heteroatoms. The Morgan fingerprint density at radius 1 is 0.671 bits per heavy atom. The highest BCUT2D eigenvalue weighted by molar-refractivity contribution is 7.06. The predicted octanol–water partition coefficient (Wildman–Crippen LogP) is -3.06. The molecule has 0 saturated carbocycles.